The molecule has 0 spiro atoms. The number of aromatic nitrogens is 2. The molecule has 7 heteroatoms. The van der Waals surface area contributed by atoms with E-state index in [4.69, 9.17) is 16.7 Å². The molecular formula is C11H9ClN2O4. The average molecular weight is 269 g/mol. The number of halogens is 1. The molecule has 0 aliphatic rings. The van der Waals surface area contributed by atoms with E-state index in [2.05, 4.69) is 9.97 Å². The first kappa shape index (κ1) is 12.7. The van der Waals surface area contributed by atoms with Crippen molar-refractivity contribution in [3.8, 4) is 0 Å². The number of nitrogens with zero attached hydrogens (tertiary/aromatic N) is 2. The van der Waals surface area contributed by atoms with Crippen molar-refractivity contribution in [3.05, 3.63) is 35.1 Å². The molecule has 2 aromatic rings. The van der Waals surface area contributed by atoms with Crippen LogP contribution in [0.4, 0.5) is 0 Å². The van der Waals surface area contributed by atoms with Gasteiger partial charge < -0.3 is 15.3 Å². The Morgan fingerprint density at radius 3 is 2.67 bits per heavy atom. The van der Waals surface area contributed by atoms with Crippen LogP contribution >= 0.6 is 11.6 Å². The third-order valence-electron chi connectivity index (χ3n) is 2.43. The lowest BCUT2D eigenvalue weighted by atomic mass is 10.0. The maximum atomic E-state index is 10.6. The van der Waals surface area contributed by atoms with E-state index in [0.29, 0.717) is 11.0 Å². The standard InChI is InChI=1S/C11H9ClN2O4/c12-8-4-13-6-2-1-5(3-7(6)14-8)9(15)10(16)11(17)18/h1-4,9-10,15-16H,(H,17,18). The molecule has 1 aromatic carbocycles. The highest BCUT2D eigenvalue weighted by molar-refractivity contribution is 6.29. The zero-order valence-corrected chi connectivity index (χ0v) is 9.74. The summed E-state index contributed by atoms with van der Waals surface area (Å²) >= 11 is 5.68. The maximum Gasteiger partial charge on any atom is 0.335 e. The van der Waals surface area contributed by atoms with Gasteiger partial charge in [-0.3, -0.25) is 4.98 Å². The summed E-state index contributed by atoms with van der Waals surface area (Å²) in [6, 6.07) is 4.47. The maximum absolute atomic E-state index is 10.6. The van der Waals surface area contributed by atoms with Crippen molar-refractivity contribution in [2.75, 3.05) is 0 Å². The van der Waals surface area contributed by atoms with E-state index in [1.165, 1.54) is 18.3 Å². The van der Waals surface area contributed by atoms with Crippen LogP contribution in [0.5, 0.6) is 0 Å². The molecule has 0 aliphatic heterocycles. The summed E-state index contributed by atoms with van der Waals surface area (Å²) in [5, 5.41) is 27.7. The molecule has 94 valence electrons. The number of hydrogen-bond acceptors (Lipinski definition) is 5. The molecule has 0 fully saturated rings. The number of rotatable bonds is 3. The molecular weight excluding hydrogens is 260 g/mol. The van der Waals surface area contributed by atoms with Crippen molar-refractivity contribution in [2.24, 2.45) is 0 Å². The number of carboxylic acids is 1. The van der Waals surface area contributed by atoms with Crippen LogP contribution in [0.3, 0.4) is 0 Å². The monoisotopic (exact) mass is 268 g/mol. The fourth-order valence-electron chi connectivity index (χ4n) is 1.51. The molecule has 0 bridgehead atoms. The molecule has 3 N–H and O–H groups in total. The van der Waals surface area contributed by atoms with Gasteiger partial charge in [-0.15, -0.1) is 0 Å². The molecule has 6 nitrogen and oxygen atoms in total. The lowest BCUT2D eigenvalue weighted by molar-refractivity contribution is -0.153. The van der Waals surface area contributed by atoms with Gasteiger partial charge in [0.25, 0.3) is 0 Å². The topological polar surface area (TPSA) is 104 Å². The van der Waals surface area contributed by atoms with E-state index >= 15 is 0 Å². The number of fused-ring (bicyclic) bond motifs is 1. The second-order valence-corrected chi connectivity index (χ2v) is 4.06. The van der Waals surface area contributed by atoms with E-state index in [-0.39, 0.29) is 10.7 Å². The Labute approximate surface area is 106 Å². The van der Waals surface area contributed by atoms with Gasteiger partial charge in [0.05, 0.1) is 17.2 Å². The van der Waals surface area contributed by atoms with E-state index in [0.717, 1.165) is 0 Å². The number of carboxylic acid groups (broad SMARTS) is 1. The largest absolute Gasteiger partial charge is 0.479 e. The molecule has 2 rings (SSSR count). The minimum atomic E-state index is -1.89. The van der Waals surface area contributed by atoms with Crippen molar-refractivity contribution in [3.63, 3.8) is 0 Å². The number of hydrogen-bond donors (Lipinski definition) is 3. The summed E-state index contributed by atoms with van der Waals surface area (Å²) in [5.74, 6) is -1.50. The second-order valence-electron chi connectivity index (χ2n) is 3.67. The first-order valence-corrected chi connectivity index (χ1v) is 5.38. The zero-order chi connectivity index (χ0) is 13.3. The van der Waals surface area contributed by atoms with E-state index in [1.807, 2.05) is 0 Å². The Balaban J connectivity index is 2.43. The van der Waals surface area contributed by atoms with Crippen molar-refractivity contribution in [1.29, 1.82) is 0 Å². The van der Waals surface area contributed by atoms with Gasteiger partial charge >= 0.3 is 5.97 Å². The van der Waals surface area contributed by atoms with E-state index < -0.39 is 18.2 Å². The number of benzene rings is 1. The summed E-state index contributed by atoms with van der Waals surface area (Å²) in [6.07, 6.45) is -2.05. The quantitative estimate of drug-likeness (QED) is 0.759. The highest BCUT2D eigenvalue weighted by atomic mass is 35.5. The van der Waals surface area contributed by atoms with Crippen LogP contribution in [0.25, 0.3) is 11.0 Å². The van der Waals surface area contributed by atoms with Gasteiger partial charge in [-0.2, -0.15) is 0 Å². The molecule has 1 heterocycles. The predicted octanol–water partition coefficient (Wildman–Crippen LogP) is 0.762. The molecule has 0 saturated carbocycles. The SMILES string of the molecule is O=C(O)C(O)C(O)c1ccc2ncc(Cl)nc2c1. The van der Waals surface area contributed by atoms with Crippen molar-refractivity contribution in [2.45, 2.75) is 12.2 Å². The molecule has 1 aromatic heterocycles. The van der Waals surface area contributed by atoms with Gasteiger partial charge in [-0.25, -0.2) is 9.78 Å². The van der Waals surface area contributed by atoms with Gasteiger partial charge in [0.1, 0.15) is 11.3 Å². The Kier molecular flexibility index (Phi) is 3.42. The Hall–Kier alpha value is -1.76. The third-order valence-corrected chi connectivity index (χ3v) is 2.61. The van der Waals surface area contributed by atoms with Crippen molar-refractivity contribution >= 4 is 28.6 Å². The molecule has 0 radical (unpaired) electrons. The molecule has 0 amide bonds. The van der Waals surface area contributed by atoms with E-state index in [1.54, 1.807) is 6.07 Å². The molecule has 0 aliphatic carbocycles. The van der Waals surface area contributed by atoms with Gasteiger partial charge in [0.2, 0.25) is 0 Å². The lowest BCUT2D eigenvalue weighted by Crippen LogP contribution is -2.27. The summed E-state index contributed by atoms with van der Waals surface area (Å²) in [6.45, 7) is 0. The summed E-state index contributed by atoms with van der Waals surface area (Å²) in [4.78, 5) is 18.6. The van der Waals surface area contributed by atoms with Gasteiger partial charge in [-0.1, -0.05) is 17.7 Å². The smallest absolute Gasteiger partial charge is 0.335 e. The minimum absolute atomic E-state index is 0.188. The molecule has 2 unspecified atom stereocenters. The van der Waals surface area contributed by atoms with Gasteiger partial charge in [0.15, 0.2) is 6.10 Å². The summed E-state index contributed by atoms with van der Waals surface area (Å²) < 4.78 is 0. The van der Waals surface area contributed by atoms with Crippen LogP contribution in [-0.2, 0) is 4.79 Å². The van der Waals surface area contributed by atoms with Crippen LogP contribution in [0.1, 0.15) is 11.7 Å². The fourth-order valence-corrected chi connectivity index (χ4v) is 1.65. The van der Waals surface area contributed by atoms with Crippen LogP contribution in [-0.4, -0.2) is 37.4 Å². The second kappa shape index (κ2) is 4.85. The highest BCUT2D eigenvalue weighted by Crippen LogP contribution is 2.21. The minimum Gasteiger partial charge on any atom is -0.479 e. The number of aliphatic carboxylic acids is 1. The Bertz CT molecular complexity index is 605. The number of aliphatic hydroxyl groups excluding tert-OH is 2. The average Bonchev–Trinajstić information content (AvgIpc) is 2.35. The molecule has 2 atom stereocenters. The normalized spacial score (nSPS) is 14.4. The molecule has 0 saturated heterocycles. The van der Waals surface area contributed by atoms with Gasteiger partial charge in [-0.05, 0) is 17.7 Å². The van der Waals surface area contributed by atoms with Crippen molar-refractivity contribution in [1.82, 2.24) is 9.97 Å². The first-order valence-electron chi connectivity index (χ1n) is 5.00. The van der Waals surface area contributed by atoms with Crippen LogP contribution < -0.4 is 0 Å². The molecule has 18 heavy (non-hydrogen) atoms. The first-order chi connectivity index (χ1) is 8.49. The summed E-state index contributed by atoms with van der Waals surface area (Å²) in [7, 11) is 0. The highest BCUT2D eigenvalue weighted by Gasteiger charge is 2.25. The fraction of sp³-hybridized carbons (Fsp3) is 0.182. The van der Waals surface area contributed by atoms with Crippen LogP contribution in [0, 0.1) is 0 Å². The third kappa shape index (κ3) is 2.40. The lowest BCUT2D eigenvalue weighted by Gasteiger charge is -2.14. The number of aliphatic hydroxyl groups is 2. The van der Waals surface area contributed by atoms with Gasteiger partial charge in [0, 0.05) is 0 Å². The number of carbonyl (C=O) groups is 1. The Morgan fingerprint density at radius 1 is 1.28 bits per heavy atom. The summed E-state index contributed by atoms with van der Waals surface area (Å²) in [5.41, 5.74) is 1.20. The van der Waals surface area contributed by atoms with E-state index in [9.17, 15) is 15.0 Å². The zero-order valence-electron chi connectivity index (χ0n) is 8.99. The van der Waals surface area contributed by atoms with Crippen LogP contribution in [0.2, 0.25) is 5.15 Å². The Morgan fingerprint density at radius 2 is 2.00 bits per heavy atom. The van der Waals surface area contributed by atoms with Crippen LogP contribution in [0.15, 0.2) is 24.4 Å². The predicted molar refractivity (Wildman–Crippen MR) is 63.2 cm³/mol. The van der Waals surface area contributed by atoms with Crippen molar-refractivity contribution < 1.29 is 20.1 Å².